The number of hydrogen-bond acceptors (Lipinski definition) is 4. The SMILES string of the molecule is CC(N)C(c1ccc(Br)s1)N1CCC(CO)C1. The molecule has 1 fully saturated rings. The Balaban J connectivity index is 2.13. The van der Waals surface area contributed by atoms with Crippen LogP contribution in [-0.2, 0) is 0 Å². The smallest absolute Gasteiger partial charge is 0.0702 e. The van der Waals surface area contributed by atoms with E-state index in [1.807, 2.05) is 0 Å². The molecule has 17 heavy (non-hydrogen) atoms. The van der Waals surface area contributed by atoms with Crippen LogP contribution in [0.5, 0.6) is 0 Å². The Morgan fingerprint density at radius 3 is 2.88 bits per heavy atom. The molecule has 5 heteroatoms. The molecule has 2 heterocycles. The normalized spacial score (nSPS) is 25.1. The van der Waals surface area contributed by atoms with Crippen LogP contribution in [0.2, 0.25) is 0 Å². The lowest BCUT2D eigenvalue weighted by Gasteiger charge is -2.30. The molecule has 3 N–H and O–H groups in total. The van der Waals surface area contributed by atoms with Crippen LogP contribution < -0.4 is 5.73 Å². The third-order valence-electron chi connectivity index (χ3n) is 3.35. The van der Waals surface area contributed by atoms with E-state index < -0.39 is 0 Å². The maximum atomic E-state index is 9.22. The van der Waals surface area contributed by atoms with Gasteiger partial charge in [-0.3, -0.25) is 4.90 Å². The van der Waals surface area contributed by atoms with Crippen LogP contribution in [0.1, 0.15) is 24.3 Å². The van der Waals surface area contributed by atoms with E-state index in [0.29, 0.717) is 5.92 Å². The molecule has 1 aromatic heterocycles. The quantitative estimate of drug-likeness (QED) is 0.895. The van der Waals surface area contributed by atoms with E-state index in [9.17, 15) is 5.11 Å². The van der Waals surface area contributed by atoms with Crippen LogP contribution in [0.3, 0.4) is 0 Å². The van der Waals surface area contributed by atoms with E-state index in [2.05, 4.69) is 39.9 Å². The van der Waals surface area contributed by atoms with Crippen molar-refractivity contribution in [3.63, 3.8) is 0 Å². The summed E-state index contributed by atoms with van der Waals surface area (Å²) in [7, 11) is 0. The van der Waals surface area contributed by atoms with Crippen LogP contribution >= 0.6 is 27.3 Å². The number of halogens is 1. The molecule has 0 aromatic carbocycles. The average molecular weight is 319 g/mol. The Morgan fingerprint density at radius 2 is 2.41 bits per heavy atom. The molecular formula is C12H19BrN2OS. The number of likely N-dealkylation sites (tertiary alicyclic amines) is 1. The van der Waals surface area contributed by atoms with Crippen molar-refractivity contribution in [1.29, 1.82) is 0 Å². The standard InChI is InChI=1S/C12H19BrN2OS/c1-8(14)12(10-2-3-11(13)17-10)15-5-4-9(6-15)7-16/h2-3,8-9,12,16H,4-7,14H2,1H3. The lowest BCUT2D eigenvalue weighted by atomic mass is 10.1. The first-order valence-corrected chi connectivity index (χ1v) is 7.58. The zero-order valence-corrected chi connectivity index (χ0v) is 12.4. The van der Waals surface area contributed by atoms with Crippen molar-refractivity contribution in [2.45, 2.75) is 25.4 Å². The molecule has 0 aliphatic carbocycles. The molecule has 96 valence electrons. The molecule has 1 aromatic rings. The molecule has 3 nitrogen and oxygen atoms in total. The van der Waals surface area contributed by atoms with Crippen LogP contribution in [0, 0.1) is 5.92 Å². The second-order valence-corrected chi connectivity index (χ2v) is 7.27. The molecule has 0 saturated carbocycles. The number of hydrogen-bond donors (Lipinski definition) is 2. The zero-order valence-electron chi connectivity index (χ0n) is 9.97. The van der Waals surface area contributed by atoms with Gasteiger partial charge in [0.1, 0.15) is 0 Å². The third kappa shape index (κ3) is 3.09. The van der Waals surface area contributed by atoms with Gasteiger partial charge in [-0.2, -0.15) is 0 Å². The fraction of sp³-hybridized carbons (Fsp3) is 0.667. The van der Waals surface area contributed by atoms with Crippen molar-refractivity contribution in [2.75, 3.05) is 19.7 Å². The third-order valence-corrected chi connectivity index (χ3v) is 5.05. The molecule has 0 bridgehead atoms. The molecule has 3 unspecified atom stereocenters. The molecule has 1 aliphatic rings. The molecule has 1 saturated heterocycles. The largest absolute Gasteiger partial charge is 0.396 e. The van der Waals surface area contributed by atoms with Gasteiger partial charge in [0.15, 0.2) is 0 Å². The number of nitrogens with zero attached hydrogens (tertiary/aromatic N) is 1. The lowest BCUT2D eigenvalue weighted by Crippen LogP contribution is -2.38. The van der Waals surface area contributed by atoms with Crippen molar-refractivity contribution in [3.8, 4) is 0 Å². The van der Waals surface area contributed by atoms with E-state index in [-0.39, 0.29) is 18.7 Å². The number of aliphatic hydroxyl groups excluding tert-OH is 1. The number of thiophene rings is 1. The summed E-state index contributed by atoms with van der Waals surface area (Å²) in [5.74, 6) is 0.416. The van der Waals surface area contributed by atoms with E-state index in [4.69, 9.17) is 5.73 Å². The minimum atomic E-state index is 0.109. The molecule has 0 amide bonds. The van der Waals surface area contributed by atoms with Gasteiger partial charge in [-0.25, -0.2) is 0 Å². The van der Waals surface area contributed by atoms with Crippen LogP contribution in [0.25, 0.3) is 0 Å². The van der Waals surface area contributed by atoms with Gasteiger partial charge in [-0.1, -0.05) is 0 Å². The van der Waals surface area contributed by atoms with E-state index in [1.54, 1.807) is 11.3 Å². The van der Waals surface area contributed by atoms with Gasteiger partial charge in [0.2, 0.25) is 0 Å². The second-order valence-electron chi connectivity index (χ2n) is 4.78. The maximum Gasteiger partial charge on any atom is 0.0702 e. The van der Waals surface area contributed by atoms with Crippen molar-refractivity contribution >= 4 is 27.3 Å². The van der Waals surface area contributed by atoms with Crippen LogP contribution in [-0.4, -0.2) is 35.7 Å². The van der Waals surface area contributed by atoms with Crippen molar-refractivity contribution in [1.82, 2.24) is 4.90 Å². The van der Waals surface area contributed by atoms with Gasteiger partial charge in [-0.15, -0.1) is 11.3 Å². The minimum absolute atomic E-state index is 0.109. The molecule has 3 atom stereocenters. The molecule has 2 rings (SSSR count). The Hall–Kier alpha value is 0.0600. The predicted molar refractivity (Wildman–Crippen MR) is 75.2 cm³/mol. The monoisotopic (exact) mass is 318 g/mol. The summed E-state index contributed by atoms with van der Waals surface area (Å²) in [5.41, 5.74) is 6.13. The summed E-state index contributed by atoms with van der Waals surface area (Å²) in [6.45, 7) is 4.34. The Labute approximate surface area is 115 Å². The minimum Gasteiger partial charge on any atom is -0.396 e. The maximum absolute atomic E-state index is 9.22. The highest BCUT2D eigenvalue weighted by Gasteiger charge is 2.31. The summed E-state index contributed by atoms with van der Waals surface area (Å²) in [6, 6.07) is 4.62. The fourth-order valence-corrected chi connectivity index (χ4v) is 4.20. The summed E-state index contributed by atoms with van der Waals surface area (Å²) in [6.07, 6.45) is 1.08. The fourth-order valence-electron chi connectivity index (χ4n) is 2.52. The topological polar surface area (TPSA) is 49.5 Å². The predicted octanol–water partition coefficient (Wildman–Crippen LogP) is 2.21. The van der Waals surface area contributed by atoms with Gasteiger partial charge in [0.25, 0.3) is 0 Å². The van der Waals surface area contributed by atoms with E-state index >= 15 is 0 Å². The summed E-state index contributed by atoms with van der Waals surface area (Å²) < 4.78 is 1.15. The van der Waals surface area contributed by atoms with Crippen molar-refractivity contribution in [3.05, 3.63) is 20.8 Å². The molecular weight excluding hydrogens is 300 g/mol. The highest BCUT2D eigenvalue weighted by molar-refractivity contribution is 9.11. The number of rotatable bonds is 4. The summed E-state index contributed by atoms with van der Waals surface area (Å²) in [4.78, 5) is 3.72. The van der Waals surface area contributed by atoms with Gasteiger partial charge in [0.05, 0.1) is 9.83 Å². The van der Waals surface area contributed by atoms with Gasteiger partial charge in [-0.05, 0) is 53.9 Å². The van der Waals surface area contributed by atoms with Crippen molar-refractivity contribution in [2.24, 2.45) is 11.7 Å². The van der Waals surface area contributed by atoms with Gasteiger partial charge in [0, 0.05) is 24.1 Å². The Kier molecular flexibility index (Phi) is 4.60. The van der Waals surface area contributed by atoms with Crippen molar-refractivity contribution < 1.29 is 5.11 Å². The van der Waals surface area contributed by atoms with E-state index in [1.165, 1.54) is 4.88 Å². The Morgan fingerprint density at radius 1 is 1.65 bits per heavy atom. The highest BCUT2D eigenvalue weighted by Crippen LogP contribution is 2.35. The first-order chi connectivity index (χ1) is 8.11. The number of aliphatic hydroxyl groups is 1. The number of nitrogens with two attached hydrogens (primary N) is 1. The van der Waals surface area contributed by atoms with Crippen LogP contribution in [0.15, 0.2) is 15.9 Å². The first-order valence-electron chi connectivity index (χ1n) is 5.97. The van der Waals surface area contributed by atoms with E-state index in [0.717, 1.165) is 23.3 Å². The average Bonchev–Trinajstić information content (AvgIpc) is 2.88. The second kappa shape index (κ2) is 5.80. The summed E-state index contributed by atoms with van der Waals surface area (Å²) >= 11 is 5.26. The van der Waals surface area contributed by atoms with Gasteiger partial charge >= 0.3 is 0 Å². The molecule has 1 aliphatic heterocycles. The highest BCUT2D eigenvalue weighted by atomic mass is 79.9. The zero-order chi connectivity index (χ0) is 12.4. The molecule has 0 radical (unpaired) electrons. The van der Waals surface area contributed by atoms with Gasteiger partial charge < -0.3 is 10.8 Å². The Bertz CT molecular complexity index is 369. The summed E-state index contributed by atoms with van der Waals surface area (Å²) in [5, 5.41) is 9.22. The lowest BCUT2D eigenvalue weighted by molar-refractivity contribution is 0.187. The molecule has 0 spiro atoms. The first kappa shape index (κ1) is 13.5. The van der Waals surface area contributed by atoms with Crippen LogP contribution in [0.4, 0.5) is 0 Å².